The van der Waals surface area contributed by atoms with Gasteiger partial charge in [-0.25, -0.2) is 0 Å². The highest BCUT2D eigenvalue weighted by Gasteiger charge is 2.41. The summed E-state index contributed by atoms with van der Waals surface area (Å²) >= 11 is 18.4. The molecule has 134 valence electrons. The molecule has 1 heterocycles. The summed E-state index contributed by atoms with van der Waals surface area (Å²) < 4.78 is 9.11. The zero-order chi connectivity index (χ0) is 17.9. The Morgan fingerprint density at radius 3 is 2.25 bits per heavy atom. The highest BCUT2D eigenvalue weighted by atomic mass is 35.6. The molecule has 0 bridgehead atoms. The van der Waals surface area contributed by atoms with Gasteiger partial charge in [-0.2, -0.15) is 0 Å². The summed E-state index contributed by atoms with van der Waals surface area (Å²) in [5.74, 6) is 0.348. The molecule has 24 heavy (non-hydrogen) atoms. The molecule has 1 fully saturated rings. The molecule has 1 aliphatic rings. The molecular weight excluding hydrogens is 375 g/mol. The second kappa shape index (κ2) is 8.11. The maximum atomic E-state index is 12.5. The van der Waals surface area contributed by atoms with E-state index in [4.69, 9.17) is 44.3 Å². The number of hydrogen-bond acceptors (Lipinski definition) is 4. The second-order valence-electron chi connectivity index (χ2n) is 5.86. The molecule has 0 saturated carbocycles. The number of nitrogens with zero attached hydrogens (tertiary/aromatic N) is 1. The van der Waals surface area contributed by atoms with Crippen molar-refractivity contribution in [3.63, 3.8) is 0 Å². The lowest BCUT2D eigenvalue weighted by molar-refractivity contribution is -0.0826. The molecule has 0 spiro atoms. The fourth-order valence-electron chi connectivity index (χ4n) is 2.76. The average molecular weight is 396 g/mol. The van der Waals surface area contributed by atoms with Crippen LogP contribution in [0.15, 0.2) is 24.3 Å². The van der Waals surface area contributed by atoms with Gasteiger partial charge in [0.1, 0.15) is 11.9 Å². The quantitative estimate of drug-likeness (QED) is 0.795. The first-order chi connectivity index (χ1) is 11.2. The lowest BCUT2D eigenvalue weighted by Gasteiger charge is -2.42. The summed E-state index contributed by atoms with van der Waals surface area (Å²) in [7, 11) is 1.56. The highest BCUT2D eigenvalue weighted by Crippen LogP contribution is 2.33. The summed E-state index contributed by atoms with van der Waals surface area (Å²) in [4.78, 5) is 14.4. The number of halogens is 3. The lowest BCUT2D eigenvalue weighted by atomic mass is 10.2. The molecule has 0 radical (unpaired) electrons. The summed E-state index contributed by atoms with van der Waals surface area (Å²) in [6, 6.07) is 6.73. The molecule has 1 aliphatic heterocycles. The summed E-state index contributed by atoms with van der Waals surface area (Å²) in [6.07, 6.45) is -0.783. The van der Waals surface area contributed by atoms with Crippen LogP contribution in [-0.4, -0.2) is 53.2 Å². The van der Waals surface area contributed by atoms with Gasteiger partial charge >= 0.3 is 0 Å². The van der Waals surface area contributed by atoms with Crippen LogP contribution in [0.5, 0.6) is 5.75 Å². The molecule has 5 nitrogen and oxygen atoms in total. The Kier molecular flexibility index (Phi) is 6.62. The molecular formula is C16H21Cl3N2O3. The van der Waals surface area contributed by atoms with Gasteiger partial charge in [0.15, 0.2) is 0 Å². The zero-order valence-electron chi connectivity index (χ0n) is 13.8. The van der Waals surface area contributed by atoms with E-state index in [0.29, 0.717) is 24.4 Å². The first-order valence-electron chi connectivity index (χ1n) is 7.62. The van der Waals surface area contributed by atoms with Crippen LogP contribution >= 0.6 is 34.8 Å². The van der Waals surface area contributed by atoms with Crippen molar-refractivity contribution < 1.29 is 14.3 Å². The maximum Gasteiger partial charge on any atom is 0.252 e. The maximum absolute atomic E-state index is 12.5. The monoisotopic (exact) mass is 394 g/mol. The van der Waals surface area contributed by atoms with E-state index in [1.807, 2.05) is 18.7 Å². The van der Waals surface area contributed by atoms with Gasteiger partial charge in [0, 0.05) is 18.7 Å². The van der Waals surface area contributed by atoms with Crippen molar-refractivity contribution in [1.82, 2.24) is 10.2 Å². The Labute approximate surface area is 157 Å². The first kappa shape index (κ1) is 19.6. The van der Waals surface area contributed by atoms with E-state index in [-0.39, 0.29) is 18.1 Å². The molecule has 1 aromatic rings. The van der Waals surface area contributed by atoms with Crippen molar-refractivity contribution in [2.75, 3.05) is 20.2 Å². The largest absolute Gasteiger partial charge is 0.497 e. The Morgan fingerprint density at radius 2 is 1.79 bits per heavy atom. The average Bonchev–Trinajstić information content (AvgIpc) is 2.50. The minimum atomic E-state index is -1.67. The van der Waals surface area contributed by atoms with Crippen LogP contribution in [-0.2, 0) is 4.74 Å². The van der Waals surface area contributed by atoms with E-state index in [0.717, 1.165) is 0 Å². The first-order valence-corrected chi connectivity index (χ1v) is 8.75. The molecule has 3 atom stereocenters. The zero-order valence-corrected chi connectivity index (χ0v) is 16.0. The number of morpholine rings is 1. The Morgan fingerprint density at radius 1 is 1.25 bits per heavy atom. The number of carbonyl (C=O) groups is 1. The fourth-order valence-corrected chi connectivity index (χ4v) is 3.34. The predicted molar refractivity (Wildman–Crippen MR) is 96.1 cm³/mol. The van der Waals surface area contributed by atoms with E-state index in [1.54, 1.807) is 31.4 Å². The molecule has 1 N–H and O–H groups in total. The minimum absolute atomic E-state index is 0.0125. The normalized spacial score (nSPS) is 23.6. The van der Waals surface area contributed by atoms with Gasteiger partial charge in [-0.3, -0.25) is 9.69 Å². The molecule has 1 amide bonds. The summed E-state index contributed by atoms with van der Waals surface area (Å²) in [5, 5.41) is 2.82. The summed E-state index contributed by atoms with van der Waals surface area (Å²) in [6.45, 7) is 5.02. The van der Waals surface area contributed by atoms with Crippen molar-refractivity contribution in [1.29, 1.82) is 0 Å². The third kappa shape index (κ3) is 5.14. The number of alkyl halides is 3. The SMILES string of the molecule is COc1ccc(C(=O)N[C@@H](N2C[C@@H](C)O[C@H](C)C2)C(Cl)(Cl)Cl)cc1. The fraction of sp³-hybridized carbons (Fsp3) is 0.562. The number of carbonyl (C=O) groups excluding carboxylic acids is 1. The van der Waals surface area contributed by atoms with Gasteiger partial charge in [-0.1, -0.05) is 34.8 Å². The smallest absolute Gasteiger partial charge is 0.252 e. The number of hydrogen-bond donors (Lipinski definition) is 1. The van der Waals surface area contributed by atoms with Crippen LogP contribution in [0.1, 0.15) is 24.2 Å². The Hall–Kier alpha value is -0.720. The van der Waals surface area contributed by atoms with Gasteiger partial charge in [-0.05, 0) is 38.1 Å². The van der Waals surface area contributed by atoms with Crippen LogP contribution in [0.3, 0.4) is 0 Å². The standard InChI is InChI=1S/C16H21Cl3N2O3/c1-10-8-21(9-11(2)24-10)15(16(17,18)19)20-14(22)12-4-6-13(23-3)7-5-12/h4-7,10-11,15H,8-9H2,1-3H3,(H,20,22)/t10-,11-,15+/m1/s1. The van der Waals surface area contributed by atoms with Gasteiger partial charge < -0.3 is 14.8 Å². The molecule has 1 saturated heterocycles. The number of amides is 1. The molecule has 0 aromatic heterocycles. The van der Waals surface area contributed by atoms with Gasteiger partial charge in [-0.15, -0.1) is 0 Å². The lowest BCUT2D eigenvalue weighted by Crippen LogP contribution is -2.60. The van der Waals surface area contributed by atoms with E-state index in [9.17, 15) is 4.79 Å². The molecule has 8 heteroatoms. The second-order valence-corrected chi connectivity index (χ2v) is 8.23. The van der Waals surface area contributed by atoms with Crippen LogP contribution < -0.4 is 10.1 Å². The molecule has 2 rings (SSSR count). The van der Waals surface area contributed by atoms with Crippen molar-refractivity contribution in [3.8, 4) is 5.75 Å². The molecule has 0 unspecified atom stereocenters. The third-order valence-corrected chi connectivity index (χ3v) is 4.36. The Balaban J connectivity index is 2.14. The molecule has 1 aromatic carbocycles. The summed E-state index contributed by atoms with van der Waals surface area (Å²) in [5.41, 5.74) is 0.462. The molecule has 0 aliphatic carbocycles. The van der Waals surface area contributed by atoms with Gasteiger partial charge in [0.05, 0.1) is 19.3 Å². The predicted octanol–water partition coefficient (Wildman–Crippen LogP) is 3.23. The van der Waals surface area contributed by atoms with Crippen LogP contribution in [0, 0.1) is 0 Å². The number of nitrogens with one attached hydrogen (secondary N) is 1. The highest BCUT2D eigenvalue weighted by molar-refractivity contribution is 6.68. The topological polar surface area (TPSA) is 50.8 Å². The number of methoxy groups -OCH3 is 1. The minimum Gasteiger partial charge on any atom is -0.497 e. The number of benzene rings is 1. The van der Waals surface area contributed by atoms with Gasteiger partial charge in [0.25, 0.3) is 5.91 Å². The number of ether oxygens (including phenoxy) is 2. The number of rotatable bonds is 4. The van der Waals surface area contributed by atoms with Crippen molar-refractivity contribution in [3.05, 3.63) is 29.8 Å². The van der Waals surface area contributed by atoms with Crippen molar-refractivity contribution in [2.45, 2.75) is 36.0 Å². The van der Waals surface area contributed by atoms with E-state index >= 15 is 0 Å². The van der Waals surface area contributed by atoms with Gasteiger partial charge in [0.2, 0.25) is 3.79 Å². The Bertz CT molecular complexity index is 553. The van der Waals surface area contributed by atoms with E-state index in [2.05, 4.69) is 5.32 Å². The van der Waals surface area contributed by atoms with Crippen LogP contribution in [0.25, 0.3) is 0 Å². The van der Waals surface area contributed by atoms with Crippen LogP contribution in [0.4, 0.5) is 0 Å². The van der Waals surface area contributed by atoms with Crippen LogP contribution in [0.2, 0.25) is 0 Å². The van der Waals surface area contributed by atoms with Crippen molar-refractivity contribution in [2.24, 2.45) is 0 Å². The third-order valence-electron chi connectivity index (χ3n) is 3.74. The van der Waals surface area contributed by atoms with E-state index < -0.39 is 9.96 Å². The van der Waals surface area contributed by atoms with Crippen molar-refractivity contribution >= 4 is 40.7 Å². The van der Waals surface area contributed by atoms with E-state index in [1.165, 1.54) is 0 Å².